The highest BCUT2D eigenvalue weighted by atomic mass is 35.5. The van der Waals surface area contributed by atoms with Crippen molar-refractivity contribution < 1.29 is 9.23 Å². The lowest BCUT2D eigenvalue weighted by Gasteiger charge is -2.11. The topological polar surface area (TPSA) is 21.3 Å². The van der Waals surface area contributed by atoms with Gasteiger partial charge in [-0.2, -0.15) is 5.48 Å². The molecule has 0 spiro atoms. The second-order valence-electron chi connectivity index (χ2n) is 3.07. The predicted molar refractivity (Wildman–Crippen MR) is 52.9 cm³/mol. The van der Waals surface area contributed by atoms with E-state index in [9.17, 15) is 4.39 Å². The molecule has 2 rings (SSSR count). The van der Waals surface area contributed by atoms with E-state index in [1.807, 2.05) is 0 Å². The minimum atomic E-state index is -0.470. The minimum absolute atomic E-state index is 0.0298. The van der Waals surface area contributed by atoms with Gasteiger partial charge in [0.1, 0.15) is 5.82 Å². The van der Waals surface area contributed by atoms with Crippen LogP contribution in [-0.2, 0) is 4.84 Å². The van der Waals surface area contributed by atoms with E-state index in [0.29, 0.717) is 12.2 Å². The smallest absolute Gasteiger partial charge is 0.148 e. The highest BCUT2D eigenvalue weighted by molar-refractivity contribution is 6.42. The molecule has 1 atom stereocenters. The number of rotatable bonds is 1. The van der Waals surface area contributed by atoms with Crippen molar-refractivity contribution in [3.8, 4) is 0 Å². The van der Waals surface area contributed by atoms with E-state index >= 15 is 0 Å². The van der Waals surface area contributed by atoms with Crippen LogP contribution in [0.3, 0.4) is 0 Å². The maximum atomic E-state index is 13.6. The molecule has 2 nitrogen and oxygen atoms in total. The van der Waals surface area contributed by atoms with Crippen molar-refractivity contribution in [2.75, 3.05) is 6.61 Å². The number of halogens is 3. The van der Waals surface area contributed by atoms with Crippen LogP contribution in [0.1, 0.15) is 18.0 Å². The molecule has 0 amide bonds. The van der Waals surface area contributed by atoms with Crippen molar-refractivity contribution >= 4 is 23.2 Å². The van der Waals surface area contributed by atoms with Crippen LogP contribution >= 0.6 is 23.2 Å². The molecule has 14 heavy (non-hydrogen) atoms. The average molecular weight is 236 g/mol. The van der Waals surface area contributed by atoms with Gasteiger partial charge in [0.25, 0.3) is 0 Å². The molecule has 1 fully saturated rings. The van der Waals surface area contributed by atoms with E-state index in [2.05, 4.69) is 5.48 Å². The standard InChI is InChI=1S/C9H8Cl2FNO/c10-6-2-1-5(9(12)8(6)11)7-3-4-14-13-7/h1-2,7,13H,3-4H2/t7-/m1/s1. The van der Waals surface area contributed by atoms with E-state index < -0.39 is 5.82 Å². The van der Waals surface area contributed by atoms with Crippen LogP contribution in [0.15, 0.2) is 12.1 Å². The molecule has 0 saturated carbocycles. The normalized spacial score (nSPS) is 21.5. The van der Waals surface area contributed by atoms with Crippen molar-refractivity contribution in [1.29, 1.82) is 0 Å². The highest BCUT2D eigenvalue weighted by Crippen LogP contribution is 2.32. The van der Waals surface area contributed by atoms with Crippen molar-refractivity contribution in [1.82, 2.24) is 5.48 Å². The van der Waals surface area contributed by atoms with Crippen LogP contribution in [0.2, 0.25) is 10.0 Å². The van der Waals surface area contributed by atoms with Crippen molar-refractivity contribution in [3.63, 3.8) is 0 Å². The Morgan fingerprint density at radius 2 is 2.21 bits per heavy atom. The first kappa shape index (κ1) is 10.2. The lowest BCUT2D eigenvalue weighted by atomic mass is 10.1. The van der Waals surface area contributed by atoms with Gasteiger partial charge < -0.3 is 4.84 Å². The molecule has 5 heteroatoms. The fourth-order valence-corrected chi connectivity index (χ4v) is 1.74. The summed E-state index contributed by atoms with van der Waals surface area (Å²) in [5, 5.41) is 0.199. The monoisotopic (exact) mass is 235 g/mol. The molecule has 0 radical (unpaired) electrons. The van der Waals surface area contributed by atoms with Gasteiger partial charge in [-0.15, -0.1) is 0 Å². The van der Waals surface area contributed by atoms with Crippen LogP contribution in [0.5, 0.6) is 0 Å². The third-order valence-electron chi connectivity index (χ3n) is 2.17. The van der Waals surface area contributed by atoms with Crippen molar-refractivity contribution in [2.45, 2.75) is 12.5 Å². The molecule has 1 aliphatic heterocycles. The van der Waals surface area contributed by atoms with Crippen LogP contribution in [0, 0.1) is 5.82 Å². The Morgan fingerprint density at radius 3 is 2.86 bits per heavy atom. The fourth-order valence-electron chi connectivity index (χ4n) is 1.42. The van der Waals surface area contributed by atoms with Crippen LogP contribution in [0.25, 0.3) is 0 Å². The van der Waals surface area contributed by atoms with Gasteiger partial charge in [0.05, 0.1) is 22.7 Å². The zero-order valence-corrected chi connectivity index (χ0v) is 8.70. The average Bonchev–Trinajstić information content (AvgIpc) is 2.67. The Morgan fingerprint density at radius 1 is 1.43 bits per heavy atom. The van der Waals surface area contributed by atoms with E-state index in [0.717, 1.165) is 6.42 Å². The first-order valence-corrected chi connectivity index (χ1v) is 4.96. The van der Waals surface area contributed by atoms with Crippen LogP contribution < -0.4 is 5.48 Å². The Balaban J connectivity index is 2.38. The maximum Gasteiger partial charge on any atom is 0.148 e. The molecule has 0 aliphatic carbocycles. The summed E-state index contributed by atoms with van der Waals surface area (Å²) in [5.74, 6) is -0.470. The molecule has 1 saturated heterocycles. The summed E-state index contributed by atoms with van der Waals surface area (Å²) in [6.07, 6.45) is 0.731. The molecule has 0 bridgehead atoms. The molecular formula is C9H8Cl2FNO. The Hall–Kier alpha value is -0.350. The third kappa shape index (κ3) is 1.73. The quantitative estimate of drug-likeness (QED) is 0.756. The lowest BCUT2D eigenvalue weighted by molar-refractivity contribution is 0.0877. The maximum absolute atomic E-state index is 13.6. The van der Waals surface area contributed by atoms with Gasteiger partial charge in [0, 0.05) is 5.56 Å². The van der Waals surface area contributed by atoms with Gasteiger partial charge in [-0.1, -0.05) is 29.3 Å². The van der Waals surface area contributed by atoms with Gasteiger partial charge in [-0.3, -0.25) is 0 Å². The summed E-state index contributed by atoms with van der Waals surface area (Å²) >= 11 is 11.4. The van der Waals surface area contributed by atoms with Crippen LogP contribution in [0.4, 0.5) is 4.39 Å². The number of nitrogens with one attached hydrogen (secondary N) is 1. The van der Waals surface area contributed by atoms with Crippen LogP contribution in [-0.4, -0.2) is 6.61 Å². The number of hydroxylamine groups is 1. The lowest BCUT2D eigenvalue weighted by Crippen LogP contribution is -2.13. The zero-order valence-electron chi connectivity index (χ0n) is 7.19. The van der Waals surface area contributed by atoms with Crippen molar-refractivity contribution in [2.24, 2.45) is 0 Å². The molecule has 1 aliphatic rings. The Kier molecular flexibility index (Phi) is 2.93. The Labute approximate surface area is 90.9 Å². The summed E-state index contributed by atoms with van der Waals surface area (Å²) in [6.45, 7) is 0.574. The van der Waals surface area contributed by atoms with Gasteiger partial charge in [-0.25, -0.2) is 4.39 Å². The highest BCUT2D eigenvalue weighted by Gasteiger charge is 2.22. The van der Waals surface area contributed by atoms with Gasteiger partial charge >= 0.3 is 0 Å². The molecule has 1 heterocycles. The molecule has 0 unspecified atom stereocenters. The Bertz CT molecular complexity index is 353. The van der Waals surface area contributed by atoms with E-state index in [1.165, 1.54) is 0 Å². The largest absolute Gasteiger partial charge is 0.301 e. The second kappa shape index (κ2) is 4.03. The molecular weight excluding hydrogens is 228 g/mol. The van der Waals surface area contributed by atoms with Gasteiger partial charge in [-0.05, 0) is 12.5 Å². The summed E-state index contributed by atoms with van der Waals surface area (Å²) < 4.78 is 13.6. The summed E-state index contributed by atoms with van der Waals surface area (Å²) in [4.78, 5) is 4.94. The molecule has 1 N–H and O–H groups in total. The summed E-state index contributed by atoms with van der Waals surface area (Å²) in [5.41, 5.74) is 3.22. The summed E-state index contributed by atoms with van der Waals surface area (Å²) in [6, 6.07) is 3.07. The third-order valence-corrected chi connectivity index (χ3v) is 2.96. The number of hydrogen-bond donors (Lipinski definition) is 1. The van der Waals surface area contributed by atoms with Gasteiger partial charge in [0.2, 0.25) is 0 Å². The SMILES string of the molecule is Fc1c([C@H]2CCON2)ccc(Cl)c1Cl. The number of benzene rings is 1. The van der Waals surface area contributed by atoms with Crippen molar-refractivity contribution in [3.05, 3.63) is 33.6 Å². The first-order valence-electron chi connectivity index (χ1n) is 4.21. The van der Waals surface area contributed by atoms with E-state index in [4.69, 9.17) is 28.0 Å². The zero-order chi connectivity index (χ0) is 10.1. The minimum Gasteiger partial charge on any atom is -0.301 e. The summed E-state index contributed by atoms with van der Waals surface area (Å²) in [7, 11) is 0. The first-order chi connectivity index (χ1) is 6.70. The molecule has 0 aromatic heterocycles. The molecule has 1 aromatic carbocycles. The van der Waals surface area contributed by atoms with Gasteiger partial charge in [0.15, 0.2) is 0 Å². The van der Waals surface area contributed by atoms with E-state index in [1.54, 1.807) is 12.1 Å². The predicted octanol–water partition coefficient (Wildman–Crippen LogP) is 3.10. The molecule has 1 aromatic rings. The van der Waals surface area contributed by atoms with E-state index in [-0.39, 0.29) is 16.1 Å². The fraction of sp³-hybridized carbons (Fsp3) is 0.333. The molecule has 76 valence electrons. The number of hydrogen-bond acceptors (Lipinski definition) is 2. The second-order valence-corrected chi connectivity index (χ2v) is 3.86.